The van der Waals surface area contributed by atoms with Crippen molar-refractivity contribution in [1.29, 1.82) is 0 Å². The number of hydrogen-bond acceptors (Lipinski definition) is 16. The van der Waals surface area contributed by atoms with Crippen LogP contribution in [0.2, 0.25) is 0 Å². The molecule has 416 valence electrons. The molecule has 2 unspecified atom stereocenters. The second kappa shape index (κ2) is 40.1. The summed E-state index contributed by atoms with van der Waals surface area (Å²) in [6.45, 7) is 1.69. The fourth-order valence-electron chi connectivity index (χ4n) is 6.58. The smallest absolute Gasteiger partial charge is 0.462 e. The molecule has 6 N–H and O–H groups in total. The molecule has 0 aliphatic carbocycles. The first-order valence-electron chi connectivity index (χ1n) is 25.5. The number of rotatable bonds is 40. The Morgan fingerprint density at radius 3 is 1.84 bits per heavy atom. The van der Waals surface area contributed by atoms with Crippen molar-refractivity contribution in [1.82, 2.24) is 9.55 Å². The van der Waals surface area contributed by atoms with E-state index in [1.54, 1.807) is 18.2 Å². The van der Waals surface area contributed by atoms with Crippen molar-refractivity contribution in [3.05, 3.63) is 144 Å². The molecule has 0 amide bonds. The van der Waals surface area contributed by atoms with Gasteiger partial charge < -0.3 is 39.9 Å². The van der Waals surface area contributed by atoms with Crippen LogP contribution in [0.25, 0.3) is 0 Å². The molecule has 2 heterocycles. The van der Waals surface area contributed by atoms with Crippen LogP contribution < -0.4 is 11.4 Å². The number of nitrogens with two attached hydrogens (primary N) is 1. The SMILES string of the molecule is CC/C=C\C/C=C\C/C=C\C/C=C\C/C=C\C/C=C\CCC(=O)O[C@H](COC(=O)CCCC(=O)/C=C/C=C\C/C=C\C/C=C\CCCCC)COP(=O)(O)OP(=O)(O)OC[C@H]1O[C@@H](n2ccc(N)nc2=O)[C@H](O)[C@@H]1O. The number of phosphoric acid groups is 2. The highest BCUT2D eigenvalue weighted by molar-refractivity contribution is 7.61. The van der Waals surface area contributed by atoms with E-state index >= 15 is 0 Å². The van der Waals surface area contributed by atoms with Gasteiger partial charge in [-0.15, -0.1) is 0 Å². The summed E-state index contributed by atoms with van der Waals surface area (Å²) in [5, 5.41) is 20.9. The molecular weight excluding hydrogens is 1010 g/mol. The van der Waals surface area contributed by atoms with Gasteiger partial charge in [0.1, 0.15) is 30.7 Å². The van der Waals surface area contributed by atoms with E-state index in [9.17, 15) is 48.3 Å². The molecular formula is C54H79N3O16P2. The molecule has 19 nitrogen and oxygen atoms in total. The van der Waals surface area contributed by atoms with Crippen molar-refractivity contribution in [2.45, 2.75) is 154 Å². The first-order valence-corrected chi connectivity index (χ1v) is 28.5. The number of carbonyl (C=O) groups excluding carboxylic acids is 3. The molecule has 1 aromatic rings. The first-order chi connectivity index (χ1) is 36.1. The highest BCUT2D eigenvalue weighted by atomic mass is 31.3. The summed E-state index contributed by atoms with van der Waals surface area (Å²) in [5.74, 6) is -1.90. The normalized spacial score (nSPS) is 19.7. The lowest BCUT2D eigenvalue weighted by molar-refractivity contribution is -0.161. The van der Waals surface area contributed by atoms with Gasteiger partial charge in [-0.1, -0.05) is 142 Å². The summed E-state index contributed by atoms with van der Waals surface area (Å²) in [7, 11) is -11.0. The van der Waals surface area contributed by atoms with Crippen molar-refractivity contribution in [2.24, 2.45) is 0 Å². The molecule has 2 rings (SSSR count). The molecule has 0 spiro atoms. The maximum atomic E-state index is 12.9. The number of allylic oxidation sites excluding steroid dienone is 20. The molecule has 0 saturated carbocycles. The van der Waals surface area contributed by atoms with E-state index in [1.807, 2.05) is 30.4 Å². The zero-order valence-corrected chi connectivity index (χ0v) is 45.1. The van der Waals surface area contributed by atoms with Gasteiger partial charge in [-0.05, 0) is 89.2 Å². The molecule has 0 bridgehead atoms. The second-order valence-electron chi connectivity index (χ2n) is 17.0. The monoisotopic (exact) mass is 1090 g/mol. The lowest BCUT2D eigenvalue weighted by Crippen LogP contribution is -2.36. The van der Waals surface area contributed by atoms with Crippen LogP contribution in [0.15, 0.2) is 139 Å². The summed E-state index contributed by atoms with van der Waals surface area (Å²) in [5.41, 5.74) is 4.56. The number of aromatic nitrogens is 2. The third-order valence-corrected chi connectivity index (χ3v) is 13.1. The molecule has 0 aromatic carbocycles. The van der Waals surface area contributed by atoms with Crippen LogP contribution in [0.3, 0.4) is 0 Å². The topological polar surface area (TPSA) is 283 Å². The zero-order chi connectivity index (χ0) is 55.0. The number of ether oxygens (including phenoxy) is 3. The number of nitrogens with zero attached hydrogens (tertiary/aromatic N) is 2. The van der Waals surface area contributed by atoms with E-state index < -0.39 is 83.7 Å². The number of nitrogen functional groups attached to an aromatic ring is 1. The predicted molar refractivity (Wildman–Crippen MR) is 289 cm³/mol. The number of ketones is 1. The van der Waals surface area contributed by atoms with Crippen LogP contribution in [0.4, 0.5) is 5.82 Å². The van der Waals surface area contributed by atoms with Gasteiger partial charge in [-0.2, -0.15) is 9.29 Å². The quantitative estimate of drug-likeness (QED) is 0.0102. The summed E-state index contributed by atoms with van der Waals surface area (Å²) < 4.78 is 56.4. The molecule has 1 aliphatic rings. The van der Waals surface area contributed by atoms with E-state index in [0.717, 1.165) is 55.7 Å². The summed E-state index contributed by atoms with van der Waals surface area (Å²) in [4.78, 5) is 74.2. The van der Waals surface area contributed by atoms with Crippen LogP contribution in [-0.4, -0.2) is 91.5 Å². The average Bonchev–Trinajstić information content (AvgIpc) is 3.64. The van der Waals surface area contributed by atoms with Crippen LogP contribution >= 0.6 is 15.6 Å². The molecule has 1 saturated heterocycles. The van der Waals surface area contributed by atoms with E-state index in [-0.39, 0.29) is 43.7 Å². The standard InChI is InChI=1S/C54H79N3O16P2/c1-3-5-7-9-11-13-15-17-18-19-20-21-22-24-26-28-30-32-34-38-50(60)71-46(42-68-49(59)39-35-37-45(58)36-33-31-29-27-25-23-16-14-12-10-8-6-4-2)43-69-74(64,65)73-75(66,67)70-44-47-51(61)52(62)53(72-47)57-41-40-48(55)56-54(57)63/h5,7,11-14,17-18,20-21,23-26,29-33,36,40-41,46-47,51-53,61-62H,3-4,6,8-10,15-16,19,22,27-28,34-35,37-39,42-44H2,1-2H3,(H,64,65)(H,66,67)(H2,55,56,63)/b7-5-,13-11-,14-12-,18-17-,21-20-,25-23-,26-24-,31-29-,32-30-,36-33+/t46-,47-,51-,52-,53-/m1/s1. The molecule has 0 radical (unpaired) electrons. The van der Waals surface area contributed by atoms with E-state index in [4.69, 9.17) is 29.0 Å². The van der Waals surface area contributed by atoms with E-state index in [2.05, 4.69) is 90.0 Å². The summed E-state index contributed by atoms with van der Waals surface area (Å²) in [6, 6.07) is 1.23. The van der Waals surface area contributed by atoms with Crippen molar-refractivity contribution in [3.63, 3.8) is 0 Å². The summed E-state index contributed by atoms with van der Waals surface area (Å²) in [6.07, 6.45) is 44.5. The van der Waals surface area contributed by atoms with Gasteiger partial charge in [0.2, 0.25) is 0 Å². The first kappa shape index (κ1) is 65.9. The third kappa shape index (κ3) is 32.8. The van der Waals surface area contributed by atoms with Gasteiger partial charge in [-0.25, -0.2) is 13.9 Å². The van der Waals surface area contributed by atoms with E-state index in [1.165, 1.54) is 31.4 Å². The number of carbonyl (C=O) groups is 3. The molecule has 1 fully saturated rings. The van der Waals surface area contributed by atoms with Gasteiger partial charge in [0.25, 0.3) is 0 Å². The minimum atomic E-state index is -5.50. The minimum Gasteiger partial charge on any atom is -0.462 e. The number of phosphoric ester groups is 2. The Hall–Kier alpha value is -5.17. The van der Waals surface area contributed by atoms with Crippen LogP contribution in [0, 0.1) is 0 Å². The Kier molecular flexibility index (Phi) is 35.3. The van der Waals surface area contributed by atoms with Gasteiger partial charge in [-0.3, -0.25) is 28.0 Å². The molecule has 21 heteroatoms. The maximum absolute atomic E-state index is 12.9. The number of aliphatic hydroxyl groups excluding tert-OH is 2. The van der Waals surface area contributed by atoms with Gasteiger partial charge in [0.15, 0.2) is 18.1 Å². The Morgan fingerprint density at radius 2 is 1.25 bits per heavy atom. The van der Waals surface area contributed by atoms with E-state index in [0.29, 0.717) is 12.8 Å². The van der Waals surface area contributed by atoms with Crippen molar-refractivity contribution in [2.75, 3.05) is 25.6 Å². The van der Waals surface area contributed by atoms with Gasteiger partial charge >= 0.3 is 33.3 Å². The molecule has 1 aromatic heterocycles. The Bertz CT molecular complexity index is 2300. The Labute approximate surface area is 441 Å². The summed E-state index contributed by atoms with van der Waals surface area (Å²) >= 11 is 0. The Morgan fingerprint density at radius 1 is 0.693 bits per heavy atom. The fraction of sp³-hybridized carbons (Fsp3) is 0.500. The molecule has 1 aliphatic heterocycles. The van der Waals surface area contributed by atoms with Crippen LogP contribution in [0.1, 0.15) is 129 Å². The average molecular weight is 1090 g/mol. The van der Waals surface area contributed by atoms with Gasteiger partial charge in [0, 0.05) is 25.5 Å². The van der Waals surface area contributed by atoms with Crippen LogP contribution in [-0.2, 0) is 51.1 Å². The number of hydrogen-bond donors (Lipinski definition) is 5. The van der Waals surface area contributed by atoms with Crippen molar-refractivity contribution in [3.8, 4) is 0 Å². The maximum Gasteiger partial charge on any atom is 0.481 e. The lowest BCUT2D eigenvalue weighted by atomic mass is 10.1. The highest BCUT2D eigenvalue weighted by Crippen LogP contribution is 2.60. The zero-order valence-electron chi connectivity index (χ0n) is 43.3. The third-order valence-electron chi connectivity index (χ3n) is 10.5. The number of anilines is 1. The predicted octanol–water partition coefficient (Wildman–Crippen LogP) is 9.95. The number of aliphatic hydroxyl groups is 2. The fourth-order valence-corrected chi connectivity index (χ4v) is 8.69. The Balaban J connectivity index is 1.89. The van der Waals surface area contributed by atoms with Crippen molar-refractivity contribution >= 4 is 39.2 Å². The van der Waals surface area contributed by atoms with Crippen molar-refractivity contribution < 1.29 is 71.1 Å². The highest BCUT2D eigenvalue weighted by Gasteiger charge is 2.46. The van der Waals surface area contributed by atoms with Crippen LogP contribution in [0.5, 0.6) is 0 Å². The number of unbranched alkanes of at least 4 members (excludes halogenated alkanes) is 3. The van der Waals surface area contributed by atoms with Gasteiger partial charge in [0.05, 0.1) is 13.2 Å². The minimum absolute atomic E-state index is 0.0431. The molecule has 7 atom stereocenters. The second-order valence-corrected chi connectivity index (χ2v) is 20.0. The number of esters is 2. The lowest BCUT2D eigenvalue weighted by Gasteiger charge is -2.21. The molecule has 75 heavy (non-hydrogen) atoms. The largest absolute Gasteiger partial charge is 0.481 e.